The van der Waals surface area contributed by atoms with Gasteiger partial charge >= 0.3 is 0 Å². The molecule has 0 radical (unpaired) electrons. The summed E-state index contributed by atoms with van der Waals surface area (Å²) in [5, 5.41) is 7.51. The summed E-state index contributed by atoms with van der Waals surface area (Å²) in [5.41, 5.74) is 12.1. The first kappa shape index (κ1) is 31.6. The molecule has 0 aliphatic heterocycles. The van der Waals surface area contributed by atoms with Gasteiger partial charge in [0.05, 0.1) is 0 Å². The molecule has 11 aromatic rings. The van der Waals surface area contributed by atoms with Crippen molar-refractivity contribution in [2.45, 2.75) is 0 Å². The van der Waals surface area contributed by atoms with Crippen molar-refractivity contribution in [2.24, 2.45) is 0 Å². The van der Waals surface area contributed by atoms with Gasteiger partial charge in [0.15, 0.2) is 0 Å². The lowest BCUT2D eigenvalue weighted by Gasteiger charge is -2.26. The maximum atomic E-state index is 6.48. The van der Waals surface area contributed by atoms with Gasteiger partial charge in [0.1, 0.15) is 11.2 Å². The molecule has 0 N–H and O–H groups in total. The SMILES string of the molecule is c1ccc(-c2ccc(N(c3ccc(-c4cccc5c4sc4ccc6ccccc6c45)cc3)c3cccc(-c4cccc5c4oc4ccccc45)c3)cc2)cc1. The van der Waals surface area contributed by atoms with E-state index in [1.54, 1.807) is 0 Å². The standard InChI is InChI=1S/C52H33NOS/c1-2-11-34(12-3-1)35-23-28-39(29-24-35)53(41-15-8-14-38(33-41)43-18-9-20-46-45-17-6-7-22-48(45)54-51(43)46)40-30-25-37(26-31-40)44-19-10-21-47-50-42-16-5-4-13-36(42)27-32-49(50)55-52(44)47/h1-33H. The molecule has 0 amide bonds. The molecule has 0 spiro atoms. The number of hydrogen-bond acceptors (Lipinski definition) is 3. The molecule has 3 heteroatoms. The molecule has 9 aromatic carbocycles. The van der Waals surface area contributed by atoms with Crippen molar-refractivity contribution in [3.8, 4) is 33.4 Å². The van der Waals surface area contributed by atoms with Gasteiger partial charge < -0.3 is 9.32 Å². The van der Waals surface area contributed by atoms with Gasteiger partial charge in [0.25, 0.3) is 0 Å². The van der Waals surface area contributed by atoms with Crippen LogP contribution in [0.2, 0.25) is 0 Å². The van der Waals surface area contributed by atoms with Crippen LogP contribution in [0.15, 0.2) is 205 Å². The Labute approximate surface area is 322 Å². The van der Waals surface area contributed by atoms with Gasteiger partial charge in [-0.2, -0.15) is 0 Å². The molecule has 2 aromatic heterocycles. The van der Waals surface area contributed by atoms with Gasteiger partial charge in [-0.25, -0.2) is 0 Å². The molecule has 55 heavy (non-hydrogen) atoms. The second-order valence-corrected chi connectivity index (χ2v) is 15.1. The van der Waals surface area contributed by atoms with Crippen molar-refractivity contribution in [3.05, 3.63) is 200 Å². The fourth-order valence-corrected chi connectivity index (χ4v) is 9.51. The van der Waals surface area contributed by atoms with Crippen LogP contribution in [-0.4, -0.2) is 0 Å². The average Bonchev–Trinajstić information content (AvgIpc) is 3.84. The van der Waals surface area contributed by atoms with Gasteiger partial charge in [-0.1, -0.05) is 152 Å². The summed E-state index contributed by atoms with van der Waals surface area (Å²) in [5.74, 6) is 0. The normalized spacial score (nSPS) is 11.6. The van der Waals surface area contributed by atoms with E-state index in [1.165, 1.54) is 53.2 Å². The van der Waals surface area contributed by atoms with E-state index in [1.807, 2.05) is 23.5 Å². The van der Waals surface area contributed by atoms with Crippen LogP contribution >= 0.6 is 11.3 Å². The van der Waals surface area contributed by atoms with E-state index in [0.29, 0.717) is 0 Å². The second-order valence-electron chi connectivity index (χ2n) is 14.1. The molecule has 0 atom stereocenters. The summed E-state index contributed by atoms with van der Waals surface area (Å²) in [4.78, 5) is 2.35. The Hall–Kier alpha value is -6.94. The predicted molar refractivity (Wildman–Crippen MR) is 235 cm³/mol. The highest BCUT2D eigenvalue weighted by atomic mass is 32.1. The monoisotopic (exact) mass is 719 g/mol. The summed E-state index contributed by atoms with van der Waals surface area (Å²) >= 11 is 1.88. The minimum absolute atomic E-state index is 0.904. The number of nitrogens with zero attached hydrogens (tertiary/aromatic N) is 1. The summed E-state index contributed by atoms with van der Waals surface area (Å²) in [6.45, 7) is 0. The first-order chi connectivity index (χ1) is 27.3. The minimum atomic E-state index is 0.904. The second kappa shape index (κ2) is 12.9. The molecule has 2 heterocycles. The van der Waals surface area contributed by atoms with Crippen LogP contribution in [0.5, 0.6) is 0 Å². The molecule has 0 aliphatic carbocycles. The molecule has 258 valence electrons. The van der Waals surface area contributed by atoms with Gasteiger partial charge in [-0.15, -0.1) is 11.3 Å². The van der Waals surface area contributed by atoms with E-state index < -0.39 is 0 Å². The summed E-state index contributed by atoms with van der Waals surface area (Å²) in [7, 11) is 0. The van der Waals surface area contributed by atoms with Crippen LogP contribution in [0.4, 0.5) is 17.1 Å². The van der Waals surface area contributed by atoms with Crippen LogP contribution in [0.1, 0.15) is 0 Å². The highest BCUT2D eigenvalue weighted by molar-refractivity contribution is 7.26. The van der Waals surface area contributed by atoms with Crippen LogP contribution in [0.3, 0.4) is 0 Å². The Bertz CT molecular complexity index is 3190. The lowest BCUT2D eigenvalue weighted by Crippen LogP contribution is -2.10. The van der Waals surface area contributed by atoms with Crippen molar-refractivity contribution >= 4 is 81.3 Å². The van der Waals surface area contributed by atoms with Crippen LogP contribution < -0.4 is 4.90 Å². The Morgan fingerprint density at radius 1 is 0.382 bits per heavy atom. The smallest absolute Gasteiger partial charge is 0.143 e. The van der Waals surface area contributed by atoms with Crippen molar-refractivity contribution < 1.29 is 4.42 Å². The Morgan fingerprint density at radius 3 is 1.82 bits per heavy atom. The van der Waals surface area contributed by atoms with Crippen molar-refractivity contribution in [1.29, 1.82) is 0 Å². The van der Waals surface area contributed by atoms with E-state index in [0.717, 1.165) is 50.1 Å². The van der Waals surface area contributed by atoms with E-state index in [2.05, 4.69) is 193 Å². The number of para-hydroxylation sites is 2. The Balaban J connectivity index is 1.03. The lowest BCUT2D eigenvalue weighted by atomic mass is 9.99. The van der Waals surface area contributed by atoms with Crippen LogP contribution in [-0.2, 0) is 0 Å². The number of anilines is 3. The average molecular weight is 720 g/mol. The maximum Gasteiger partial charge on any atom is 0.143 e. The molecule has 11 rings (SSSR count). The van der Waals surface area contributed by atoms with Gasteiger partial charge in [-0.05, 0) is 87.1 Å². The van der Waals surface area contributed by atoms with E-state index >= 15 is 0 Å². The van der Waals surface area contributed by atoms with Gasteiger partial charge in [0, 0.05) is 53.6 Å². The van der Waals surface area contributed by atoms with Crippen molar-refractivity contribution in [1.82, 2.24) is 0 Å². The van der Waals surface area contributed by atoms with E-state index in [4.69, 9.17) is 4.42 Å². The molecule has 0 saturated carbocycles. The number of rotatable bonds is 6. The fraction of sp³-hybridized carbons (Fsp3) is 0. The third-order valence-corrected chi connectivity index (χ3v) is 12.1. The third kappa shape index (κ3) is 5.32. The van der Waals surface area contributed by atoms with E-state index in [-0.39, 0.29) is 0 Å². The number of fused-ring (bicyclic) bond motifs is 8. The summed E-state index contributed by atoms with van der Waals surface area (Å²) < 4.78 is 9.12. The minimum Gasteiger partial charge on any atom is -0.455 e. The van der Waals surface area contributed by atoms with Crippen molar-refractivity contribution in [3.63, 3.8) is 0 Å². The highest BCUT2D eigenvalue weighted by Crippen LogP contribution is 2.44. The largest absolute Gasteiger partial charge is 0.455 e. The van der Waals surface area contributed by atoms with Crippen LogP contribution in [0.25, 0.3) is 86.3 Å². The summed E-state index contributed by atoms with van der Waals surface area (Å²) in [6.07, 6.45) is 0. The number of benzene rings is 9. The highest BCUT2D eigenvalue weighted by Gasteiger charge is 2.18. The van der Waals surface area contributed by atoms with E-state index in [9.17, 15) is 0 Å². The Kier molecular flexibility index (Phi) is 7.39. The molecule has 0 aliphatic rings. The Morgan fingerprint density at radius 2 is 1.00 bits per heavy atom. The number of hydrogen-bond donors (Lipinski definition) is 0. The van der Waals surface area contributed by atoms with Gasteiger partial charge in [-0.3, -0.25) is 0 Å². The zero-order valence-electron chi connectivity index (χ0n) is 29.8. The number of thiophene rings is 1. The first-order valence-electron chi connectivity index (χ1n) is 18.7. The molecular weight excluding hydrogens is 687 g/mol. The topological polar surface area (TPSA) is 16.4 Å². The molecule has 0 unspecified atom stereocenters. The lowest BCUT2D eigenvalue weighted by molar-refractivity contribution is 0.670. The van der Waals surface area contributed by atoms with Gasteiger partial charge in [0.2, 0.25) is 0 Å². The quantitative estimate of drug-likeness (QED) is 0.170. The van der Waals surface area contributed by atoms with Crippen molar-refractivity contribution in [2.75, 3.05) is 4.90 Å². The fourth-order valence-electron chi connectivity index (χ4n) is 8.25. The zero-order valence-corrected chi connectivity index (χ0v) is 30.6. The zero-order chi connectivity index (χ0) is 36.3. The third-order valence-electron chi connectivity index (χ3n) is 10.9. The summed E-state index contributed by atoms with van der Waals surface area (Å²) in [6, 6.07) is 72.0. The number of furan rings is 1. The molecule has 0 bridgehead atoms. The maximum absolute atomic E-state index is 6.48. The molecule has 0 fully saturated rings. The molecular formula is C52H33NOS. The predicted octanol–water partition coefficient (Wildman–Crippen LogP) is 15.6. The first-order valence-corrected chi connectivity index (χ1v) is 19.5. The molecule has 0 saturated heterocycles. The van der Waals surface area contributed by atoms with Crippen LogP contribution in [0, 0.1) is 0 Å². The molecule has 2 nitrogen and oxygen atoms in total.